The van der Waals surface area contributed by atoms with E-state index in [1.54, 1.807) is 16.2 Å². The molecular weight excluding hydrogens is 343 g/mol. The Labute approximate surface area is 134 Å². The molecule has 4 nitrogen and oxygen atoms in total. The molecule has 2 rings (SSSR count). The molecule has 0 aliphatic carbocycles. The van der Waals surface area contributed by atoms with Gasteiger partial charge in [0.1, 0.15) is 0 Å². The summed E-state index contributed by atoms with van der Waals surface area (Å²) < 4.78 is 48.3. The molecule has 0 spiro atoms. The van der Waals surface area contributed by atoms with Crippen LogP contribution in [0, 0.1) is 0 Å². The number of nitrogens with zero attached hydrogens (tertiary/aromatic N) is 1. The third-order valence-corrected chi connectivity index (χ3v) is 4.24. The Kier molecular flexibility index (Phi) is 6.08. The van der Waals surface area contributed by atoms with Crippen molar-refractivity contribution in [2.75, 3.05) is 26.2 Å². The Morgan fingerprint density at radius 3 is 2.95 bits per heavy atom. The SMILES string of the molecule is O=C(Cl)OC(CN1CCO[C@H](Cc2cccs2)C1)C(F)(F)F. The van der Waals surface area contributed by atoms with E-state index in [0.29, 0.717) is 26.1 Å². The predicted octanol–water partition coefficient (Wildman–Crippen LogP) is 3.30. The van der Waals surface area contributed by atoms with Crippen LogP contribution >= 0.6 is 22.9 Å². The van der Waals surface area contributed by atoms with Crippen molar-refractivity contribution in [1.82, 2.24) is 4.90 Å². The number of rotatable bonds is 5. The molecular formula is C13H15ClF3NO3S. The number of carbonyl (C=O) groups is 1. The first-order valence-electron chi connectivity index (χ1n) is 6.64. The molecule has 1 saturated heterocycles. The van der Waals surface area contributed by atoms with Crippen molar-refractivity contribution in [2.45, 2.75) is 24.8 Å². The first kappa shape index (κ1) is 17.5. The van der Waals surface area contributed by atoms with Gasteiger partial charge < -0.3 is 9.47 Å². The molecule has 0 aromatic carbocycles. The van der Waals surface area contributed by atoms with Crippen LogP contribution < -0.4 is 0 Å². The minimum Gasteiger partial charge on any atom is -0.439 e. The van der Waals surface area contributed by atoms with Gasteiger partial charge in [-0.2, -0.15) is 13.2 Å². The fraction of sp³-hybridized carbons (Fsp3) is 0.615. The van der Waals surface area contributed by atoms with E-state index in [0.717, 1.165) is 4.88 Å². The molecule has 1 fully saturated rings. The number of morpholine rings is 1. The van der Waals surface area contributed by atoms with Crippen LogP contribution in [0.15, 0.2) is 17.5 Å². The predicted molar refractivity (Wildman–Crippen MR) is 76.4 cm³/mol. The van der Waals surface area contributed by atoms with Crippen LogP contribution in [0.2, 0.25) is 0 Å². The molecule has 0 N–H and O–H groups in total. The third kappa shape index (κ3) is 5.42. The zero-order chi connectivity index (χ0) is 16.2. The van der Waals surface area contributed by atoms with Crippen LogP contribution in [-0.2, 0) is 15.9 Å². The second kappa shape index (κ2) is 7.63. The lowest BCUT2D eigenvalue weighted by Crippen LogP contribution is -2.50. The monoisotopic (exact) mass is 357 g/mol. The summed E-state index contributed by atoms with van der Waals surface area (Å²) in [7, 11) is 0. The minimum absolute atomic E-state index is 0.173. The van der Waals surface area contributed by atoms with E-state index >= 15 is 0 Å². The average Bonchev–Trinajstić information content (AvgIpc) is 2.90. The maximum atomic E-state index is 12.8. The summed E-state index contributed by atoms with van der Waals surface area (Å²) in [5.74, 6) is 0. The lowest BCUT2D eigenvalue weighted by Gasteiger charge is -2.35. The smallest absolute Gasteiger partial charge is 0.426 e. The summed E-state index contributed by atoms with van der Waals surface area (Å²) in [5.41, 5.74) is -1.45. The molecule has 0 bridgehead atoms. The van der Waals surface area contributed by atoms with Gasteiger partial charge in [-0.3, -0.25) is 4.90 Å². The number of ether oxygens (including phenoxy) is 2. The van der Waals surface area contributed by atoms with Gasteiger partial charge in [0.25, 0.3) is 0 Å². The third-order valence-electron chi connectivity index (χ3n) is 3.26. The van der Waals surface area contributed by atoms with Crippen molar-refractivity contribution in [3.05, 3.63) is 22.4 Å². The van der Waals surface area contributed by atoms with Gasteiger partial charge in [0.05, 0.1) is 12.7 Å². The van der Waals surface area contributed by atoms with Crippen LogP contribution in [0.5, 0.6) is 0 Å². The summed E-state index contributed by atoms with van der Waals surface area (Å²) in [4.78, 5) is 13.3. The first-order chi connectivity index (χ1) is 10.3. The Bertz CT molecular complexity index is 483. The molecule has 1 aliphatic heterocycles. The van der Waals surface area contributed by atoms with Gasteiger partial charge in [-0.25, -0.2) is 4.79 Å². The van der Waals surface area contributed by atoms with Crippen LogP contribution in [-0.4, -0.2) is 55.0 Å². The van der Waals surface area contributed by atoms with Crippen molar-refractivity contribution in [3.63, 3.8) is 0 Å². The zero-order valence-corrected chi connectivity index (χ0v) is 13.1. The topological polar surface area (TPSA) is 38.8 Å². The fourth-order valence-electron chi connectivity index (χ4n) is 2.28. The van der Waals surface area contributed by atoms with Gasteiger partial charge in [0.15, 0.2) is 0 Å². The Morgan fingerprint density at radius 1 is 1.59 bits per heavy atom. The van der Waals surface area contributed by atoms with E-state index in [1.807, 2.05) is 17.5 Å². The highest BCUT2D eigenvalue weighted by atomic mass is 35.5. The molecule has 0 saturated carbocycles. The van der Waals surface area contributed by atoms with Crippen LogP contribution in [0.25, 0.3) is 0 Å². The summed E-state index contributed by atoms with van der Waals surface area (Å²) in [6.07, 6.45) is -6.39. The van der Waals surface area contributed by atoms with Gasteiger partial charge in [-0.15, -0.1) is 11.3 Å². The largest absolute Gasteiger partial charge is 0.439 e. The minimum atomic E-state index is -4.65. The van der Waals surface area contributed by atoms with E-state index < -0.39 is 24.3 Å². The number of thiophene rings is 1. The summed E-state index contributed by atoms with van der Waals surface area (Å²) in [6.45, 7) is 0.610. The number of halogens is 4. The molecule has 1 aliphatic rings. The van der Waals surface area contributed by atoms with Crippen molar-refractivity contribution in [3.8, 4) is 0 Å². The maximum absolute atomic E-state index is 12.8. The molecule has 1 aromatic rings. The van der Waals surface area contributed by atoms with Crippen molar-refractivity contribution < 1.29 is 27.4 Å². The zero-order valence-electron chi connectivity index (χ0n) is 11.5. The molecule has 1 aromatic heterocycles. The highest BCUT2D eigenvalue weighted by Gasteiger charge is 2.44. The molecule has 2 heterocycles. The van der Waals surface area contributed by atoms with E-state index in [1.165, 1.54) is 0 Å². The van der Waals surface area contributed by atoms with Crippen molar-refractivity contribution in [1.29, 1.82) is 0 Å². The summed E-state index contributed by atoms with van der Waals surface area (Å²) in [5, 5.41) is 1.94. The number of alkyl halides is 3. The summed E-state index contributed by atoms with van der Waals surface area (Å²) >= 11 is 6.50. The molecule has 124 valence electrons. The van der Waals surface area contributed by atoms with Gasteiger partial charge in [0, 0.05) is 42.5 Å². The highest BCUT2D eigenvalue weighted by molar-refractivity contribution is 7.09. The number of hydrogen-bond acceptors (Lipinski definition) is 5. The van der Waals surface area contributed by atoms with Gasteiger partial charge in [-0.1, -0.05) is 6.07 Å². The molecule has 22 heavy (non-hydrogen) atoms. The van der Waals surface area contributed by atoms with Gasteiger partial charge >= 0.3 is 11.6 Å². The molecule has 2 atom stereocenters. The van der Waals surface area contributed by atoms with E-state index in [-0.39, 0.29) is 6.10 Å². The van der Waals surface area contributed by atoms with E-state index in [4.69, 9.17) is 16.3 Å². The van der Waals surface area contributed by atoms with E-state index in [9.17, 15) is 18.0 Å². The Hall–Kier alpha value is -0.830. The van der Waals surface area contributed by atoms with E-state index in [2.05, 4.69) is 4.74 Å². The lowest BCUT2D eigenvalue weighted by molar-refractivity contribution is -0.208. The van der Waals surface area contributed by atoms with Crippen molar-refractivity contribution >= 4 is 28.4 Å². The normalized spacial score (nSPS) is 21.5. The average molecular weight is 358 g/mol. The molecule has 1 unspecified atom stereocenters. The molecule has 0 radical (unpaired) electrons. The Balaban J connectivity index is 1.91. The van der Waals surface area contributed by atoms with Crippen LogP contribution in [0.1, 0.15) is 4.88 Å². The molecule has 9 heteroatoms. The maximum Gasteiger partial charge on any atom is 0.426 e. The second-order valence-corrected chi connectivity index (χ2v) is 6.26. The van der Waals surface area contributed by atoms with Crippen LogP contribution in [0.4, 0.5) is 18.0 Å². The van der Waals surface area contributed by atoms with Crippen LogP contribution in [0.3, 0.4) is 0 Å². The Morgan fingerprint density at radius 2 is 2.36 bits per heavy atom. The fourth-order valence-corrected chi connectivity index (χ4v) is 3.16. The lowest BCUT2D eigenvalue weighted by atomic mass is 10.1. The number of carbonyl (C=O) groups excluding carboxylic acids is 1. The first-order valence-corrected chi connectivity index (χ1v) is 7.89. The standard InChI is InChI=1S/C13H15ClF3NO3S/c14-12(19)21-11(13(15,16)17)8-18-3-4-20-9(7-18)6-10-2-1-5-22-10/h1-2,5,9,11H,3-4,6-8H2/t9-,11?/m1/s1. The molecule has 0 amide bonds. The quantitative estimate of drug-likeness (QED) is 0.758. The van der Waals surface area contributed by atoms with Gasteiger partial charge in [-0.05, 0) is 11.4 Å². The summed E-state index contributed by atoms with van der Waals surface area (Å²) in [6, 6.07) is 3.88. The number of hydrogen-bond donors (Lipinski definition) is 0. The second-order valence-electron chi connectivity index (χ2n) is 4.92. The van der Waals surface area contributed by atoms with Gasteiger partial charge in [0.2, 0.25) is 6.10 Å². The highest BCUT2D eigenvalue weighted by Crippen LogP contribution is 2.25. The van der Waals surface area contributed by atoms with Crippen molar-refractivity contribution in [2.24, 2.45) is 0 Å².